The van der Waals surface area contributed by atoms with Crippen LogP contribution in [0.25, 0.3) is 0 Å². The molecule has 1 aromatic heterocycles. The molecule has 0 radical (unpaired) electrons. The molecule has 1 saturated carbocycles. The number of hydrogen-bond acceptors (Lipinski definition) is 7. The molecule has 2 aromatic rings. The van der Waals surface area contributed by atoms with Gasteiger partial charge in [0.25, 0.3) is 0 Å². The Hall–Kier alpha value is -2.36. The lowest BCUT2D eigenvalue weighted by molar-refractivity contribution is -0.138. The van der Waals surface area contributed by atoms with Crippen molar-refractivity contribution in [3.63, 3.8) is 0 Å². The van der Waals surface area contributed by atoms with Gasteiger partial charge in [0.1, 0.15) is 6.10 Å². The van der Waals surface area contributed by atoms with Crippen molar-refractivity contribution < 1.29 is 22.7 Å². The molecule has 1 saturated heterocycles. The molecule has 4 rings (SSSR count). The molecular formula is C20H23F3N4O2S. The minimum absolute atomic E-state index is 0.0204. The quantitative estimate of drug-likeness (QED) is 0.487. The normalized spacial score (nSPS) is 23.4. The minimum Gasteiger partial charge on any atom is -0.486 e. The van der Waals surface area contributed by atoms with Crippen molar-refractivity contribution in [1.29, 1.82) is 0 Å². The van der Waals surface area contributed by atoms with E-state index in [1.807, 2.05) is 43.9 Å². The van der Waals surface area contributed by atoms with Gasteiger partial charge in [-0.25, -0.2) is 0 Å². The molecule has 0 spiro atoms. The maximum atomic E-state index is 12.9. The van der Waals surface area contributed by atoms with Gasteiger partial charge in [-0.15, -0.1) is 10.2 Å². The van der Waals surface area contributed by atoms with E-state index in [9.17, 15) is 13.2 Å². The van der Waals surface area contributed by atoms with E-state index >= 15 is 0 Å². The van der Waals surface area contributed by atoms with Gasteiger partial charge in [0, 0.05) is 24.9 Å². The van der Waals surface area contributed by atoms with Crippen LogP contribution in [0.5, 0.6) is 11.5 Å². The van der Waals surface area contributed by atoms with Crippen molar-refractivity contribution in [2.24, 2.45) is 17.0 Å². The standard InChI is InChI=1S/C20H23F3N4O2S/c1-11(2)26-29-16-8-12(3)4-7-15(16)28-17-13-5-6-14(17)10-27(9-13)19-25-24-18(30-19)20(21,22)23/h4,7-8,13-14,17H,5-6,9-10H2,1-3H3/t13-,14+,17?. The highest BCUT2D eigenvalue weighted by Gasteiger charge is 2.45. The third kappa shape index (κ3) is 4.38. The van der Waals surface area contributed by atoms with Crippen LogP contribution in [0.1, 0.15) is 37.3 Å². The molecule has 0 N–H and O–H groups in total. The molecule has 1 aliphatic carbocycles. The second kappa shape index (κ2) is 8.05. The number of piperidine rings is 1. The van der Waals surface area contributed by atoms with E-state index in [1.165, 1.54) is 0 Å². The van der Waals surface area contributed by atoms with E-state index in [-0.39, 0.29) is 17.9 Å². The van der Waals surface area contributed by atoms with E-state index < -0.39 is 11.2 Å². The van der Waals surface area contributed by atoms with Gasteiger partial charge >= 0.3 is 6.18 Å². The highest BCUT2D eigenvalue weighted by Crippen LogP contribution is 2.44. The van der Waals surface area contributed by atoms with Crippen LogP contribution in [0, 0.1) is 18.8 Å². The number of fused-ring (bicyclic) bond motifs is 2. The van der Waals surface area contributed by atoms with Crippen molar-refractivity contribution >= 4 is 22.2 Å². The summed E-state index contributed by atoms with van der Waals surface area (Å²) in [5.41, 5.74) is 1.84. The molecule has 1 aromatic carbocycles. The first-order valence-corrected chi connectivity index (χ1v) is 10.6. The monoisotopic (exact) mass is 440 g/mol. The Labute approximate surface area is 176 Å². The van der Waals surface area contributed by atoms with E-state index in [0.717, 1.165) is 24.1 Å². The number of oxime groups is 1. The minimum atomic E-state index is -4.46. The van der Waals surface area contributed by atoms with Gasteiger partial charge in [-0.1, -0.05) is 22.6 Å². The van der Waals surface area contributed by atoms with E-state index in [4.69, 9.17) is 9.57 Å². The summed E-state index contributed by atoms with van der Waals surface area (Å²) in [5, 5.41) is 10.5. The van der Waals surface area contributed by atoms with Crippen molar-refractivity contribution in [3.8, 4) is 11.5 Å². The van der Waals surface area contributed by atoms with E-state index in [1.54, 1.807) is 0 Å². The van der Waals surface area contributed by atoms with Gasteiger partial charge in [-0.2, -0.15) is 13.2 Å². The van der Waals surface area contributed by atoms with Crippen LogP contribution in [0.4, 0.5) is 18.3 Å². The summed E-state index contributed by atoms with van der Waals surface area (Å²) in [4.78, 5) is 7.48. The van der Waals surface area contributed by atoms with Crippen LogP contribution < -0.4 is 14.5 Å². The number of aryl methyl sites for hydroxylation is 1. The Kier molecular flexibility index (Phi) is 5.61. The van der Waals surface area contributed by atoms with Crippen LogP contribution >= 0.6 is 11.3 Å². The lowest BCUT2D eigenvalue weighted by Gasteiger charge is -2.37. The Morgan fingerprint density at radius 2 is 1.83 bits per heavy atom. The van der Waals surface area contributed by atoms with Crippen molar-refractivity contribution in [3.05, 3.63) is 28.8 Å². The van der Waals surface area contributed by atoms with Gasteiger partial charge in [0.2, 0.25) is 10.1 Å². The SMILES string of the molecule is CC(C)=NOc1cc(C)ccc1OC1[C@@H]2CC[C@H]1CN(c1nnc(C(F)(F)F)s1)C2. The summed E-state index contributed by atoms with van der Waals surface area (Å²) < 4.78 is 45.0. The molecule has 30 heavy (non-hydrogen) atoms. The van der Waals surface area contributed by atoms with Crippen LogP contribution in [-0.4, -0.2) is 35.1 Å². The molecule has 10 heteroatoms. The fourth-order valence-corrected chi connectivity index (χ4v) is 4.78. The van der Waals surface area contributed by atoms with Gasteiger partial charge in [-0.3, -0.25) is 0 Å². The summed E-state index contributed by atoms with van der Waals surface area (Å²) in [7, 11) is 0. The zero-order valence-corrected chi connectivity index (χ0v) is 17.8. The molecule has 2 fully saturated rings. The molecule has 1 unspecified atom stereocenters. The second-order valence-electron chi connectivity index (χ2n) is 8.05. The Balaban J connectivity index is 1.49. The lowest BCUT2D eigenvalue weighted by atomic mass is 9.95. The topological polar surface area (TPSA) is 59.8 Å². The fraction of sp³-hybridized carbons (Fsp3) is 0.550. The van der Waals surface area contributed by atoms with Crippen LogP contribution in [-0.2, 0) is 6.18 Å². The number of hydrogen-bond donors (Lipinski definition) is 0. The van der Waals surface area contributed by atoms with Gasteiger partial charge in [-0.05, 0) is 51.3 Å². The zero-order chi connectivity index (χ0) is 21.5. The zero-order valence-electron chi connectivity index (χ0n) is 16.9. The maximum absolute atomic E-state index is 12.9. The molecule has 3 atom stereocenters. The summed E-state index contributed by atoms with van der Waals surface area (Å²) in [6, 6.07) is 5.73. The molecule has 0 amide bonds. The average Bonchev–Trinajstić information content (AvgIpc) is 3.25. The van der Waals surface area contributed by atoms with E-state index in [0.29, 0.717) is 41.1 Å². The summed E-state index contributed by atoms with van der Waals surface area (Å²) in [5.74, 6) is 1.60. The van der Waals surface area contributed by atoms with Crippen LogP contribution in [0.3, 0.4) is 0 Å². The van der Waals surface area contributed by atoms with Crippen molar-refractivity contribution in [2.45, 2.75) is 45.9 Å². The highest BCUT2D eigenvalue weighted by atomic mass is 32.1. The summed E-state index contributed by atoms with van der Waals surface area (Å²) in [6.45, 7) is 6.87. The summed E-state index contributed by atoms with van der Waals surface area (Å²) in [6.07, 6.45) is -2.55. The molecule has 2 bridgehead atoms. The lowest BCUT2D eigenvalue weighted by Crippen LogP contribution is -2.47. The smallest absolute Gasteiger partial charge is 0.445 e. The number of aromatic nitrogens is 2. The summed E-state index contributed by atoms with van der Waals surface area (Å²) >= 11 is 0.600. The molecule has 2 aliphatic rings. The third-order valence-corrected chi connectivity index (χ3v) is 6.39. The molecular weight excluding hydrogens is 417 g/mol. The predicted molar refractivity (Wildman–Crippen MR) is 108 cm³/mol. The number of benzene rings is 1. The average molecular weight is 440 g/mol. The highest BCUT2D eigenvalue weighted by molar-refractivity contribution is 7.15. The number of rotatable bonds is 5. The first-order chi connectivity index (χ1) is 14.2. The Morgan fingerprint density at radius 1 is 1.13 bits per heavy atom. The first kappa shape index (κ1) is 20.9. The Morgan fingerprint density at radius 3 is 2.43 bits per heavy atom. The predicted octanol–water partition coefficient (Wildman–Crippen LogP) is 4.93. The number of ether oxygens (including phenoxy) is 1. The largest absolute Gasteiger partial charge is 0.486 e. The molecule has 2 heterocycles. The van der Waals surface area contributed by atoms with E-state index in [2.05, 4.69) is 15.4 Å². The maximum Gasteiger partial charge on any atom is 0.445 e. The van der Waals surface area contributed by atoms with Gasteiger partial charge in [0.05, 0.1) is 5.71 Å². The van der Waals surface area contributed by atoms with Gasteiger partial charge < -0.3 is 14.5 Å². The van der Waals surface area contributed by atoms with Crippen LogP contribution in [0.15, 0.2) is 23.4 Å². The first-order valence-electron chi connectivity index (χ1n) is 9.82. The third-order valence-electron chi connectivity index (χ3n) is 5.36. The van der Waals surface area contributed by atoms with Crippen molar-refractivity contribution in [2.75, 3.05) is 18.0 Å². The Bertz CT molecular complexity index is 928. The number of anilines is 1. The number of nitrogens with zero attached hydrogens (tertiary/aromatic N) is 4. The van der Waals surface area contributed by atoms with Crippen molar-refractivity contribution in [1.82, 2.24) is 10.2 Å². The molecule has 6 nitrogen and oxygen atoms in total. The number of alkyl halides is 3. The molecule has 1 aliphatic heterocycles. The number of halogens is 3. The second-order valence-corrected chi connectivity index (χ2v) is 9.01. The fourth-order valence-electron chi connectivity index (χ4n) is 4.05. The van der Waals surface area contributed by atoms with Gasteiger partial charge in [0.15, 0.2) is 11.5 Å². The van der Waals surface area contributed by atoms with Crippen LogP contribution in [0.2, 0.25) is 0 Å². The molecule has 162 valence electrons.